The van der Waals surface area contributed by atoms with Crippen molar-refractivity contribution in [3.8, 4) is 0 Å². The number of hydrogen-bond donors (Lipinski definition) is 4. The Balaban J connectivity index is 1.27. The molecule has 2 amide bonds. The van der Waals surface area contributed by atoms with Crippen molar-refractivity contribution in [1.29, 1.82) is 0 Å². The van der Waals surface area contributed by atoms with Gasteiger partial charge in [-0.3, -0.25) is 14.6 Å². The Kier molecular flexibility index (Phi) is 10.5. The molecule has 3 aliphatic rings. The summed E-state index contributed by atoms with van der Waals surface area (Å²) < 4.78 is 47.3. The van der Waals surface area contributed by atoms with Crippen LogP contribution in [0.3, 0.4) is 0 Å². The summed E-state index contributed by atoms with van der Waals surface area (Å²) in [5.41, 5.74) is 17.2. The van der Waals surface area contributed by atoms with Crippen molar-refractivity contribution in [1.82, 2.24) is 15.3 Å². The third-order valence-corrected chi connectivity index (χ3v) is 9.49. The Hall–Kier alpha value is -4.43. The molecule has 14 heteroatoms. The van der Waals surface area contributed by atoms with Crippen LogP contribution in [0.25, 0.3) is 0 Å². The lowest BCUT2D eigenvalue weighted by Gasteiger charge is -2.49. The fraction of sp³-hybridized carbons (Fsp3) is 0.455. The van der Waals surface area contributed by atoms with Gasteiger partial charge in [0.05, 0.1) is 25.3 Å². The third kappa shape index (κ3) is 7.76. The predicted molar refractivity (Wildman–Crippen MR) is 171 cm³/mol. The molecule has 0 bridgehead atoms. The molecule has 2 aliphatic heterocycles. The molecule has 2 aromatic rings. The summed E-state index contributed by atoms with van der Waals surface area (Å²) >= 11 is 0. The summed E-state index contributed by atoms with van der Waals surface area (Å²) in [4.78, 5) is 32.7. The number of amides is 2. The number of amidine groups is 1. The highest BCUT2D eigenvalue weighted by molar-refractivity contribution is 6.12. The number of nitrogens with two attached hydrogens (primary N) is 3. The molecule has 5 rings (SSSR count). The van der Waals surface area contributed by atoms with Gasteiger partial charge in [0.15, 0.2) is 5.84 Å². The number of rotatable bonds is 12. The first-order chi connectivity index (χ1) is 22.6. The summed E-state index contributed by atoms with van der Waals surface area (Å²) in [5, 5.41) is 3.98. The quantitative estimate of drug-likeness (QED) is 0.0683. The Bertz CT molecular complexity index is 1520. The molecule has 3 fully saturated rings. The lowest BCUT2D eigenvalue weighted by atomic mass is 9.72. The zero-order valence-corrected chi connectivity index (χ0v) is 26.1. The largest absolute Gasteiger partial charge is 0.404 e. The van der Waals surface area contributed by atoms with Gasteiger partial charge < -0.3 is 26.0 Å². The summed E-state index contributed by atoms with van der Waals surface area (Å²) in [7, 11) is 0. The molecule has 2 aromatic carbocycles. The fourth-order valence-electron chi connectivity index (χ4n) is 6.98. The number of nitrogens with zero attached hydrogens (tertiary/aromatic N) is 4. The number of nitrogens with one attached hydrogen (secondary N) is 1. The van der Waals surface area contributed by atoms with E-state index in [1.165, 1.54) is 24.5 Å². The number of hydrogen-bond acceptors (Lipinski definition) is 8. The normalized spacial score (nSPS) is 21.3. The van der Waals surface area contributed by atoms with Gasteiger partial charge in [-0.15, -0.1) is 5.10 Å². The van der Waals surface area contributed by atoms with E-state index >= 15 is 0 Å². The molecular weight excluding hydrogens is 613 g/mol. The molecule has 7 N–H and O–H groups in total. The van der Waals surface area contributed by atoms with E-state index in [-0.39, 0.29) is 66.4 Å². The summed E-state index contributed by atoms with van der Waals surface area (Å²) in [6.45, 7) is 2.50. The standard InChI is InChI=1S/C33H41F3N8O3/c34-27-6-4-22(5-7-27)13-40-14-25(12-37)31(46)44-15-26(32(20-44)18-43(19-32)21-45)17-47-16-24-2-1-3-28(29(24)30(38)41-42-39)23-8-10-33(35,36)11-9-23/h1-7,12,14,21,23,26,42H,8-11,13,15-20,37,39H2,(H2,38,41)/b25-12+,40-14?. The van der Waals surface area contributed by atoms with Gasteiger partial charge >= 0.3 is 0 Å². The van der Waals surface area contributed by atoms with Crippen LogP contribution in [0.4, 0.5) is 13.2 Å². The van der Waals surface area contributed by atoms with E-state index in [2.05, 4.69) is 15.6 Å². The fourth-order valence-corrected chi connectivity index (χ4v) is 6.98. The number of ether oxygens (including phenoxy) is 1. The maximum atomic E-state index is 13.9. The molecular formula is C33H41F3N8O3. The lowest BCUT2D eigenvalue weighted by Crippen LogP contribution is -2.60. The van der Waals surface area contributed by atoms with Gasteiger partial charge in [0.2, 0.25) is 12.3 Å². The van der Waals surface area contributed by atoms with Crippen molar-refractivity contribution in [3.63, 3.8) is 0 Å². The molecule has 0 aromatic heterocycles. The lowest BCUT2D eigenvalue weighted by molar-refractivity contribution is -0.133. The SMILES string of the molecule is N/C=C(\C=NCc1ccc(F)cc1)C(=O)N1CC(COCc2cccc(C3CCC(F)(F)CC3)c2/C(N)=N/NN)C2(CN(C=O)C2)C1. The third-order valence-electron chi connectivity index (χ3n) is 9.49. The molecule has 1 aliphatic carbocycles. The molecule has 1 unspecified atom stereocenters. The minimum Gasteiger partial charge on any atom is -0.404 e. The van der Waals surface area contributed by atoms with E-state index in [0.717, 1.165) is 23.1 Å². The molecule has 0 radical (unpaired) electrons. The molecule has 2 heterocycles. The van der Waals surface area contributed by atoms with Crippen LogP contribution in [-0.2, 0) is 27.5 Å². The Morgan fingerprint density at radius 2 is 1.83 bits per heavy atom. The van der Waals surface area contributed by atoms with Crippen LogP contribution in [0.1, 0.15) is 53.9 Å². The summed E-state index contributed by atoms with van der Waals surface area (Å²) in [6.07, 6.45) is 3.70. The number of likely N-dealkylation sites (tertiary alicyclic amines) is 2. The molecule has 1 atom stereocenters. The number of alkyl halides is 2. The minimum absolute atomic E-state index is 0.0817. The van der Waals surface area contributed by atoms with Gasteiger partial charge in [0.25, 0.3) is 5.91 Å². The van der Waals surface area contributed by atoms with Crippen molar-refractivity contribution in [3.05, 3.63) is 82.3 Å². The summed E-state index contributed by atoms with van der Waals surface area (Å²) in [5.74, 6) is 2.08. The van der Waals surface area contributed by atoms with E-state index in [0.29, 0.717) is 51.2 Å². The molecule has 2 saturated heterocycles. The second-order valence-electron chi connectivity index (χ2n) is 12.6. The number of carbonyl (C=O) groups excluding carboxylic acids is 2. The van der Waals surface area contributed by atoms with Crippen LogP contribution in [-0.4, -0.2) is 72.9 Å². The van der Waals surface area contributed by atoms with Crippen molar-refractivity contribution >= 4 is 24.4 Å². The van der Waals surface area contributed by atoms with Crippen molar-refractivity contribution in [2.24, 2.45) is 38.7 Å². The van der Waals surface area contributed by atoms with E-state index in [4.69, 9.17) is 22.0 Å². The van der Waals surface area contributed by atoms with Gasteiger partial charge in [0, 0.05) is 68.3 Å². The van der Waals surface area contributed by atoms with Crippen molar-refractivity contribution in [2.45, 2.75) is 50.7 Å². The number of hydrazone groups is 1. The predicted octanol–water partition coefficient (Wildman–Crippen LogP) is 2.75. The number of carbonyl (C=O) groups is 2. The first-order valence-corrected chi connectivity index (χ1v) is 15.6. The molecule has 252 valence electrons. The number of hydrazine groups is 1. The first kappa shape index (κ1) is 33.9. The highest BCUT2D eigenvalue weighted by Crippen LogP contribution is 2.45. The minimum atomic E-state index is -2.67. The highest BCUT2D eigenvalue weighted by atomic mass is 19.3. The second kappa shape index (κ2) is 14.6. The monoisotopic (exact) mass is 654 g/mol. The van der Waals surface area contributed by atoms with E-state index in [1.54, 1.807) is 21.9 Å². The Labute approximate surface area is 271 Å². The molecule has 11 nitrogen and oxygen atoms in total. The maximum absolute atomic E-state index is 13.9. The van der Waals surface area contributed by atoms with Crippen LogP contribution >= 0.6 is 0 Å². The number of halogens is 3. The zero-order valence-electron chi connectivity index (χ0n) is 26.1. The molecule has 1 saturated carbocycles. The van der Waals surface area contributed by atoms with Crippen LogP contribution in [0, 0.1) is 17.2 Å². The van der Waals surface area contributed by atoms with Crippen LogP contribution in [0.2, 0.25) is 0 Å². The van der Waals surface area contributed by atoms with Gasteiger partial charge in [-0.25, -0.2) is 24.5 Å². The Morgan fingerprint density at radius 1 is 1.11 bits per heavy atom. The van der Waals surface area contributed by atoms with E-state index in [9.17, 15) is 22.8 Å². The van der Waals surface area contributed by atoms with Crippen LogP contribution in [0.5, 0.6) is 0 Å². The number of aliphatic imine (C=N–C) groups is 1. The Morgan fingerprint density at radius 3 is 2.49 bits per heavy atom. The van der Waals surface area contributed by atoms with Crippen LogP contribution < -0.4 is 22.8 Å². The highest BCUT2D eigenvalue weighted by Gasteiger charge is 2.55. The van der Waals surface area contributed by atoms with E-state index in [1.807, 2.05) is 18.2 Å². The van der Waals surface area contributed by atoms with Gasteiger partial charge in [-0.1, -0.05) is 30.3 Å². The summed E-state index contributed by atoms with van der Waals surface area (Å²) in [6, 6.07) is 11.5. The zero-order chi connectivity index (χ0) is 33.6. The smallest absolute Gasteiger partial charge is 0.256 e. The average molecular weight is 655 g/mol. The van der Waals surface area contributed by atoms with E-state index < -0.39 is 5.92 Å². The van der Waals surface area contributed by atoms with Gasteiger partial charge in [-0.2, -0.15) is 0 Å². The van der Waals surface area contributed by atoms with Crippen molar-refractivity contribution in [2.75, 3.05) is 32.8 Å². The van der Waals surface area contributed by atoms with Crippen LogP contribution in [0.15, 0.2) is 64.3 Å². The topological polar surface area (TPSA) is 165 Å². The average Bonchev–Trinajstić information content (AvgIpc) is 3.42. The molecule has 1 spiro atoms. The van der Waals surface area contributed by atoms with Crippen molar-refractivity contribution < 1.29 is 27.5 Å². The van der Waals surface area contributed by atoms with Gasteiger partial charge in [0.1, 0.15) is 5.82 Å². The maximum Gasteiger partial charge on any atom is 0.256 e. The molecule has 47 heavy (non-hydrogen) atoms. The number of benzene rings is 2. The first-order valence-electron chi connectivity index (χ1n) is 15.6. The van der Waals surface area contributed by atoms with Gasteiger partial charge in [-0.05, 0) is 47.6 Å². The second-order valence-corrected chi connectivity index (χ2v) is 12.6.